The van der Waals surface area contributed by atoms with Crippen molar-refractivity contribution >= 4 is 17.2 Å². The summed E-state index contributed by atoms with van der Waals surface area (Å²) >= 11 is 1.75. The molecule has 0 amide bonds. The van der Waals surface area contributed by atoms with Gasteiger partial charge in [-0.2, -0.15) is 0 Å². The second-order valence-corrected chi connectivity index (χ2v) is 7.04. The minimum atomic E-state index is 0.412. The van der Waals surface area contributed by atoms with E-state index in [9.17, 15) is 0 Å². The van der Waals surface area contributed by atoms with Crippen LogP contribution in [0.2, 0.25) is 0 Å². The minimum Gasteiger partial charge on any atom is -0.354 e. The predicted molar refractivity (Wildman–Crippen MR) is 88.3 cm³/mol. The normalized spacial score (nSPS) is 21.0. The van der Waals surface area contributed by atoms with Crippen molar-refractivity contribution in [3.8, 4) is 0 Å². The molecule has 116 valence electrons. The smallest absolute Gasteiger partial charge is 0.133 e. The van der Waals surface area contributed by atoms with E-state index in [-0.39, 0.29) is 0 Å². The first-order valence-electron chi connectivity index (χ1n) is 8.02. The van der Waals surface area contributed by atoms with E-state index in [2.05, 4.69) is 32.1 Å². The molecular weight excluding hydrogens is 294 g/mol. The van der Waals surface area contributed by atoms with E-state index in [0.717, 1.165) is 37.8 Å². The molecule has 0 bridgehead atoms. The Morgan fingerprint density at radius 1 is 1.14 bits per heavy atom. The molecule has 1 saturated carbocycles. The lowest BCUT2D eigenvalue weighted by atomic mass is 10.2. The average molecular weight is 315 g/mol. The predicted octanol–water partition coefficient (Wildman–Crippen LogP) is 2.69. The van der Waals surface area contributed by atoms with Crippen LogP contribution in [0.1, 0.15) is 42.6 Å². The SMILES string of the molecule is CC(c1nccs1)N1CCN(c2ccnc(C3CC3)n2)CC1. The molecule has 2 aromatic heterocycles. The van der Waals surface area contributed by atoms with Gasteiger partial charge in [-0.3, -0.25) is 4.90 Å². The van der Waals surface area contributed by atoms with Crippen LogP contribution in [-0.2, 0) is 0 Å². The summed E-state index contributed by atoms with van der Waals surface area (Å²) in [6.45, 7) is 6.42. The van der Waals surface area contributed by atoms with E-state index in [4.69, 9.17) is 4.98 Å². The number of piperazine rings is 1. The van der Waals surface area contributed by atoms with Crippen molar-refractivity contribution in [2.75, 3.05) is 31.1 Å². The highest BCUT2D eigenvalue weighted by Crippen LogP contribution is 2.38. The van der Waals surface area contributed by atoms with Gasteiger partial charge in [0.25, 0.3) is 0 Å². The van der Waals surface area contributed by atoms with Crippen molar-refractivity contribution in [1.82, 2.24) is 19.9 Å². The average Bonchev–Trinajstić information content (AvgIpc) is 3.29. The Morgan fingerprint density at radius 3 is 2.64 bits per heavy atom. The maximum atomic E-state index is 4.76. The van der Waals surface area contributed by atoms with Crippen LogP contribution in [0, 0.1) is 0 Å². The van der Waals surface area contributed by atoms with Gasteiger partial charge in [-0.15, -0.1) is 11.3 Å². The highest BCUT2D eigenvalue weighted by Gasteiger charge is 2.28. The standard InChI is InChI=1S/C16H21N5S/c1-12(16-18-6-11-22-16)20-7-9-21(10-8-20)14-4-5-17-15(19-14)13-2-3-13/h4-6,11-13H,2-3,7-10H2,1H3. The summed E-state index contributed by atoms with van der Waals surface area (Å²) in [7, 11) is 0. The van der Waals surface area contributed by atoms with Crippen LogP contribution >= 0.6 is 11.3 Å². The van der Waals surface area contributed by atoms with E-state index >= 15 is 0 Å². The molecule has 0 N–H and O–H groups in total. The van der Waals surface area contributed by atoms with Crippen LogP contribution in [0.5, 0.6) is 0 Å². The Balaban J connectivity index is 1.40. The monoisotopic (exact) mass is 315 g/mol. The lowest BCUT2D eigenvalue weighted by Gasteiger charge is -2.38. The maximum absolute atomic E-state index is 4.76. The molecule has 4 rings (SSSR count). The first-order chi connectivity index (χ1) is 10.8. The summed E-state index contributed by atoms with van der Waals surface area (Å²) in [4.78, 5) is 18.5. The van der Waals surface area contributed by atoms with E-state index in [1.54, 1.807) is 11.3 Å². The zero-order valence-corrected chi connectivity index (χ0v) is 13.7. The van der Waals surface area contributed by atoms with Crippen LogP contribution in [0.25, 0.3) is 0 Å². The number of hydrogen-bond donors (Lipinski definition) is 0. The number of aromatic nitrogens is 3. The van der Waals surface area contributed by atoms with E-state index < -0.39 is 0 Å². The van der Waals surface area contributed by atoms with Crippen LogP contribution < -0.4 is 4.90 Å². The van der Waals surface area contributed by atoms with Crippen molar-refractivity contribution in [2.24, 2.45) is 0 Å². The van der Waals surface area contributed by atoms with Gasteiger partial charge in [-0.25, -0.2) is 15.0 Å². The molecular formula is C16H21N5S. The zero-order chi connectivity index (χ0) is 14.9. The summed E-state index contributed by atoms with van der Waals surface area (Å²) in [5, 5.41) is 3.27. The number of rotatable bonds is 4. The van der Waals surface area contributed by atoms with Gasteiger partial charge in [0.15, 0.2) is 0 Å². The molecule has 6 heteroatoms. The summed E-state index contributed by atoms with van der Waals surface area (Å²) < 4.78 is 0. The minimum absolute atomic E-state index is 0.412. The van der Waals surface area contributed by atoms with Crippen LogP contribution in [0.4, 0.5) is 5.82 Å². The Labute approximate surface area is 135 Å². The molecule has 2 aliphatic rings. The summed E-state index contributed by atoms with van der Waals surface area (Å²) in [6, 6.07) is 2.46. The van der Waals surface area contributed by atoms with E-state index in [1.165, 1.54) is 17.8 Å². The number of anilines is 1. The molecule has 0 radical (unpaired) electrons. The lowest BCUT2D eigenvalue weighted by molar-refractivity contribution is 0.198. The second kappa shape index (κ2) is 5.93. The molecule has 2 aromatic rings. The molecule has 3 heterocycles. The molecule has 1 atom stereocenters. The van der Waals surface area contributed by atoms with Gasteiger partial charge in [-0.05, 0) is 25.8 Å². The Bertz CT molecular complexity index is 617. The van der Waals surface area contributed by atoms with Gasteiger partial charge < -0.3 is 4.90 Å². The zero-order valence-electron chi connectivity index (χ0n) is 12.9. The third-order valence-corrected chi connectivity index (χ3v) is 5.54. The van der Waals surface area contributed by atoms with Crippen LogP contribution in [-0.4, -0.2) is 46.0 Å². The van der Waals surface area contributed by atoms with Gasteiger partial charge in [0.1, 0.15) is 16.6 Å². The van der Waals surface area contributed by atoms with Crippen molar-refractivity contribution in [3.63, 3.8) is 0 Å². The fourth-order valence-electron chi connectivity index (χ4n) is 3.01. The van der Waals surface area contributed by atoms with Crippen molar-refractivity contribution < 1.29 is 0 Å². The molecule has 22 heavy (non-hydrogen) atoms. The van der Waals surface area contributed by atoms with Gasteiger partial charge in [0.05, 0.1) is 6.04 Å². The Hall–Kier alpha value is -1.53. The molecule has 1 aliphatic carbocycles. The fourth-order valence-corrected chi connectivity index (χ4v) is 3.74. The summed E-state index contributed by atoms with van der Waals surface area (Å²) in [5.74, 6) is 2.75. The van der Waals surface area contributed by atoms with Crippen molar-refractivity contribution in [2.45, 2.75) is 31.7 Å². The van der Waals surface area contributed by atoms with Crippen LogP contribution in [0.3, 0.4) is 0 Å². The topological polar surface area (TPSA) is 45.2 Å². The van der Waals surface area contributed by atoms with Crippen molar-refractivity contribution in [1.29, 1.82) is 0 Å². The van der Waals surface area contributed by atoms with Crippen LogP contribution in [0.15, 0.2) is 23.8 Å². The molecule has 1 unspecified atom stereocenters. The molecule has 0 aromatic carbocycles. The van der Waals surface area contributed by atoms with E-state index in [0.29, 0.717) is 12.0 Å². The maximum Gasteiger partial charge on any atom is 0.133 e. The Morgan fingerprint density at radius 2 is 1.95 bits per heavy atom. The summed E-state index contributed by atoms with van der Waals surface area (Å²) in [5.41, 5.74) is 0. The third kappa shape index (κ3) is 2.85. The number of hydrogen-bond acceptors (Lipinski definition) is 6. The van der Waals surface area contributed by atoms with Gasteiger partial charge in [0.2, 0.25) is 0 Å². The second-order valence-electron chi connectivity index (χ2n) is 6.12. The fraction of sp³-hybridized carbons (Fsp3) is 0.562. The van der Waals surface area contributed by atoms with E-state index in [1.807, 2.05) is 18.5 Å². The summed E-state index contributed by atoms with van der Waals surface area (Å²) in [6.07, 6.45) is 6.32. The molecule has 2 fully saturated rings. The Kier molecular flexibility index (Phi) is 3.80. The third-order valence-electron chi connectivity index (χ3n) is 4.60. The molecule has 0 spiro atoms. The van der Waals surface area contributed by atoms with Crippen molar-refractivity contribution in [3.05, 3.63) is 34.7 Å². The molecule has 1 saturated heterocycles. The van der Waals surface area contributed by atoms with Gasteiger partial charge >= 0.3 is 0 Å². The quantitative estimate of drug-likeness (QED) is 0.868. The molecule has 5 nitrogen and oxygen atoms in total. The largest absolute Gasteiger partial charge is 0.354 e. The molecule has 1 aliphatic heterocycles. The van der Waals surface area contributed by atoms with Gasteiger partial charge in [0, 0.05) is 49.9 Å². The highest BCUT2D eigenvalue weighted by molar-refractivity contribution is 7.09. The highest BCUT2D eigenvalue weighted by atomic mass is 32.1. The lowest BCUT2D eigenvalue weighted by Crippen LogP contribution is -2.47. The number of nitrogens with zero attached hydrogens (tertiary/aromatic N) is 5. The first-order valence-corrected chi connectivity index (χ1v) is 8.90. The van der Waals surface area contributed by atoms with Gasteiger partial charge in [-0.1, -0.05) is 0 Å². The first kappa shape index (κ1) is 14.1. The number of thiazole rings is 1.